The number of aromatic nitrogens is 2. The van der Waals surface area contributed by atoms with Gasteiger partial charge in [-0.3, -0.25) is 0 Å². The van der Waals surface area contributed by atoms with Gasteiger partial charge in [-0.2, -0.15) is 0 Å². The van der Waals surface area contributed by atoms with E-state index in [1.165, 1.54) is 29.8 Å². The maximum absolute atomic E-state index is 5.95. The quantitative estimate of drug-likeness (QED) is 0.921. The minimum Gasteiger partial charge on any atom is -0.370 e. The Kier molecular flexibility index (Phi) is 3.78. The van der Waals surface area contributed by atoms with E-state index in [0.717, 1.165) is 38.2 Å². The Bertz CT molecular complexity index is 503. The third kappa shape index (κ3) is 2.25. The molecule has 2 atom stereocenters. The average Bonchev–Trinajstić information content (AvgIpc) is 2.94. The smallest absolute Gasteiger partial charge is 0.160 e. The van der Waals surface area contributed by atoms with E-state index in [1.54, 1.807) is 0 Å². The molecular weight excluding hydrogens is 250 g/mol. The van der Waals surface area contributed by atoms with Crippen molar-refractivity contribution in [2.45, 2.75) is 64.6 Å². The molecular formula is C16H25N3O. The van der Waals surface area contributed by atoms with Gasteiger partial charge >= 0.3 is 0 Å². The Labute approximate surface area is 121 Å². The normalized spacial score (nSPS) is 29.4. The second-order valence-electron chi connectivity index (χ2n) is 6.28. The summed E-state index contributed by atoms with van der Waals surface area (Å²) in [5.41, 5.74) is 3.43. The molecule has 1 saturated carbocycles. The second-order valence-corrected chi connectivity index (χ2v) is 6.28. The topological polar surface area (TPSA) is 47.0 Å². The zero-order chi connectivity index (χ0) is 14.2. The summed E-state index contributed by atoms with van der Waals surface area (Å²) in [7, 11) is 1.82. The Morgan fingerprint density at radius 2 is 2.20 bits per heavy atom. The van der Waals surface area contributed by atoms with Gasteiger partial charge in [-0.25, -0.2) is 9.97 Å². The first kappa shape index (κ1) is 14.0. The van der Waals surface area contributed by atoms with Crippen molar-refractivity contribution in [3.63, 3.8) is 0 Å². The number of nitrogens with zero attached hydrogens (tertiary/aromatic N) is 2. The number of ether oxygens (including phenoxy) is 1. The van der Waals surface area contributed by atoms with Gasteiger partial charge < -0.3 is 10.1 Å². The van der Waals surface area contributed by atoms with Crippen molar-refractivity contribution < 1.29 is 4.74 Å². The highest BCUT2D eigenvalue weighted by molar-refractivity contribution is 5.30. The summed E-state index contributed by atoms with van der Waals surface area (Å²) in [6.07, 6.45) is 5.55. The number of nitrogens with one attached hydrogen (secondary N) is 1. The van der Waals surface area contributed by atoms with Gasteiger partial charge in [0, 0.05) is 31.5 Å². The van der Waals surface area contributed by atoms with Crippen LogP contribution < -0.4 is 5.32 Å². The fourth-order valence-electron chi connectivity index (χ4n) is 3.72. The number of fused-ring (bicyclic) bond motifs is 1. The number of aryl methyl sites for hydroxylation is 1. The zero-order valence-corrected chi connectivity index (χ0v) is 12.8. The van der Waals surface area contributed by atoms with Crippen molar-refractivity contribution in [3.8, 4) is 0 Å². The lowest BCUT2D eigenvalue weighted by Crippen LogP contribution is -2.36. The van der Waals surface area contributed by atoms with Crippen molar-refractivity contribution in [3.05, 3.63) is 22.8 Å². The van der Waals surface area contributed by atoms with E-state index in [-0.39, 0.29) is 5.60 Å². The van der Waals surface area contributed by atoms with Crippen LogP contribution in [0.4, 0.5) is 0 Å². The van der Waals surface area contributed by atoms with Gasteiger partial charge in [0.2, 0.25) is 0 Å². The lowest BCUT2D eigenvalue weighted by molar-refractivity contribution is -0.0649. The summed E-state index contributed by atoms with van der Waals surface area (Å²) < 4.78 is 5.95. The van der Waals surface area contributed by atoms with Gasteiger partial charge in [0.1, 0.15) is 5.60 Å². The average molecular weight is 275 g/mol. The Morgan fingerprint density at radius 3 is 2.90 bits per heavy atom. The van der Waals surface area contributed by atoms with Crippen molar-refractivity contribution in [1.82, 2.24) is 15.3 Å². The first-order chi connectivity index (χ1) is 9.68. The van der Waals surface area contributed by atoms with Crippen LogP contribution >= 0.6 is 0 Å². The Hall–Kier alpha value is -1.00. The number of rotatable bonds is 3. The zero-order valence-electron chi connectivity index (χ0n) is 12.8. The molecule has 0 spiro atoms. The van der Waals surface area contributed by atoms with Gasteiger partial charge in [0.25, 0.3) is 0 Å². The van der Waals surface area contributed by atoms with E-state index in [4.69, 9.17) is 14.7 Å². The molecule has 1 N–H and O–H groups in total. The second kappa shape index (κ2) is 5.41. The third-order valence-corrected chi connectivity index (χ3v) is 4.86. The highest BCUT2D eigenvalue weighted by Crippen LogP contribution is 2.41. The SMILES string of the molecule is CCc1nc(C2(OC)CCCC(C)C2)nc2c1CNC2. The molecule has 2 aliphatic rings. The molecule has 1 fully saturated rings. The van der Waals surface area contributed by atoms with Crippen LogP contribution in [0.3, 0.4) is 0 Å². The van der Waals surface area contributed by atoms with Gasteiger partial charge in [-0.05, 0) is 31.6 Å². The molecule has 4 heteroatoms. The largest absolute Gasteiger partial charge is 0.370 e. The molecule has 20 heavy (non-hydrogen) atoms. The molecule has 1 aliphatic carbocycles. The molecule has 3 rings (SSSR count). The molecule has 1 aliphatic heterocycles. The lowest BCUT2D eigenvalue weighted by Gasteiger charge is -2.37. The van der Waals surface area contributed by atoms with Gasteiger partial charge in [0.05, 0.1) is 5.69 Å². The predicted octanol–water partition coefficient (Wildman–Crippen LogP) is 2.69. The molecule has 0 amide bonds. The van der Waals surface area contributed by atoms with Crippen LogP contribution in [-0.2, 0) is 29.8 Å². The predicted molar refractivity (Wildman–Crippen MR) is 78.3 cm³/mol. The van der Waals surface area contributed by atoms with E-state index in [9.17, 15) is 0 Å². The fraction of sp³-hybridized carbons (Fsp3) is 0.750. The Morgan fingerprint density at radius 1 is 1.35 bits per heavy atom. The molecule has 0 radical (unpaired) electrons. The maximum atomic E-state index is 5.95. The minimum atomic E-state index is -0.265. The number of methoxy groups -OCH3 is 1. The van der Waals surface area contributed by atoms with Crippen LogP contribution in [-0.4, -0.2) is 17.1 Å². The summed E-state index contributed by atoms with van der Waals surface area (Å²) in [6, 6.07) is 0. The molecule has 2 unspecified atom stereocenters. The molecule has 110 valence electrons. The van der Waals surface area contributed by atoms with Crippen molar-refractivity contribution >= 4 is 0 Å². The summed E-state index contributed by atoms with van der Waals surface area (Å²) in [5, 5.41) is 3.39. The summed E-state index contributed by atoms with van der Waals surface area (Å²) in [4.78, 5) is 9.75. The van der Waals surface area contributed by atoms with Gasteiger partial charge in [0.15, 0.2) is 5.82 Å². The monoisotopic (exact) mass is 275 g/mol. The number of hydrogen-bond acceptors (Lipinski definition) is 4. The van der Waals surface area contributed by atoms with E-state index in [2.05, 4.69) is 19.2 Å². The van der Waals surface area contributed by atoms with Gasteiger partial charge in [-0.15, -0.1) is 0 Å². The van der Waals surface area contributed by atoms with Crippen molar-refractivity contribution in [2.75, 3.05) is 7.11 Å². The molecule has 1 aromatic rings. The van der Waals surface area contributed by atoms with Crippen molar-refractivity contribution in [1.29, 1.82) is 0 Å². The number of hydrogen-bond donors (Lipinski definition) is 1. The van der Waals surface area contributed by atoms with E-state index in [1.807, 2.05) is 7.11 Å². The van der Waals surface area contributed by atoms with Crippen LogP contribution in [0.2, 0.25) is 0 Å². The van der Waals surface area contributed by atoms with E-state index >= 15 is 0 Å². The van der Waals surface area contributed by atoms with E-state index < -0.39 is 0 Å². The van der Waals surface area contributed by atoms with Crippen LogP contribution in [0.15, 0.2) is 0 Å². The first-order valence-corrected chi connectivity index (χ1v) is 7.83. The highest BCUT2D eigenvalue weighted by Gasteiger charge is 2.40. The first-order valence-electron chi connectivity index (χ1n) is 7.83. The molecule has 0 bridgehead atoms. The maximum Gasteiger partial charge on any atom is 0.160 e. The highest BCUT2D eigenvalue weighted by atomic mass is 16.5. The van der Waals surface area contributed by atoms with Crippen LogP contribution in [0.1, 0.15) is 62.3 Å². The summed E-state index contributed by atoms with van der Waals surface area (Å²) in [6.45, 7) is 6.26. The molecule has 2 heterocycles. The van der Waals surface area contributed by atoms with Gasteiger partial charge in [-0.1, -0.05) is 20.3 Å². The summed E-state index contributed by atoms with van der Waals surface area (Å²) >= 11 is 0. The van der Waals surface area contributed by atoms with E-state index in [0.29, 0.717) is 5.92 Å². The van der Waals surface area contributed by atoms with Crippen LogP contribution in [0.25, 0.3) is 0 Å². The third-order valence-electron chi connectivity index (χ3n) is 4.86. The van der Waals surface area contributed by atoms with Crippen LogP contribution in [0, 0.1) is 5.92 Å². The fourth-order valence-corrected chi connectivity index (χ4v) is 3.72. The minimum absolute atomic E-state index is 0.265. The summed E-state index contributed by atoms with van der Waals surface area (Å²) in [5.74, 6) is 1.61. The molecule has 0 saturated heterocycles. The molecule has 4 nitrogen and oxygen atoms in total. The van der Waals surface area contributed by atoms with Crippen molar-refractivity contribution in [2.24, 2.45) is 5.92 Å². The standard InChI is InChI=1S/C16H25N3O/c1-4-13-12-9-17-10-14(12)19-15(18-13)16(20-3)7-5-6-11(2)8-16/h11,17H,4-10H2,1-3H3. The Balaban J connectivity index is 2.04. The molecule has 1 aromatic heterocycles. The van der Waals surface area contributed by atoms with Crippen LogP contribution in [0.5, 0.6) is 0 Å². The lowest BCUT2D eigenvalue weighted by atomic mass is 9.78. The molecule has 0 aromatic carbocycles.